The standard InChI is InChI=1S/C32H40N8O/c1-23-19-25-21-37(2)31(24-7-4-3-5-8-24)29(25)30-27(23)20-33-32(35-30)34-28-10-11-40(36-28)17-16-38-12-14-39(15-13-38)22-26-9-6-18-41-26/h3-5,7-8,10-11,20-21,23,26H,6,9,12-19,22H2,1-2H3,(H,33,34,35,36)/t23-,26?/m1/s1. The molecule has 9 heteroatoms. The number of benzene rings is 1. The predicted octanol–water partition coefficient (Wildman–Crippen LogP) is 4.55. The molecule has 1 aliphatic carbocycles. The van der Waals surface area contributed by atoms with Gasteiger partial charge in [0.1, 0.15) is 0 Å². The smallest absolute Gasteiger partial charge is 0.228 e. The number of hydrogen-bond donors (Lipinski definition) is 1. The van der Waals surface area contributed by atoms with Crippen molar-refractivity contribution in [3.8, 4) is 22.5 Å². The lowest BCUT2D eigenvalue weighted by Gasteiger charge is -2.35. The molecule has 2 atom stereocenters. The highest BCUT2D eigenvalue weighted by Crippen LogP contribution is 2.44. The SMILES string of the molecule is C[C@@H]1Cc2cn(C)c(-c3ccccc3)c2-c2nc(Nc3ccn(CCN4CCN(CC5CCCO5)CC4)n3)ncc21. The van der Waals surface area contributed by atoms with Gasteiger partial charge in [0, 0.05) is 88.7 Å². The van der Waals surface area contributed by atoms with Gasteiger partial charge in [-0.15, -0.1) is 0 Å². The molecule has 1 unspecified atom stereocenters. The topological polar surface area (TPSA) is 76.3 Å². The van der Waals surface area contributed by atoms with Gasteiger partial charge < -0.3 is 14.6 Å². The molecule has 1 N–H and O–H groups in total. The van der Waals surface area contributed by atoms with Crippen molar-refractivity contribution in [2.45, 2.75) is 44.8 Å². The number of piperazine rings is 1. The van der Waals surface area contributed by atoms with Gasteiger partial charge in [0.15, 0.2) is 5.82 Å². The zero-order chi connectivity index (χ0) is 27.8. The van der Waals surface area contributed by atoms with Crippen LogP contribution in [-0.2, 0) is 24.8 Å². The van der Waals surface area contributed by atoms with Gasteiger partial charge >= 0.3 is 0 Å². The van der Waals surface area contributed by atoms with Gasteiger partial charge in [-0.2, -0.15) is 5.10 Å². The van der Waals surface area contributed by atoms with Gasteiger partial charge in [-0.25, -0.2) is 9.97 Å². The molecule has 0 bridgehead atoms. The number of rotatable bonds is 8. The molecule has 1 aromatic carbocycles. The normalized spacial score (nSPS) is 21.1. The molecular weight excluding hydrogens is 512 g/mol. The molecule has 0 saturated carbocycles. The monoisotopic (exact) mass is 552 g/mol. The molecule has 2 saturated heterocycles. The van der Waals surface area contributed by atoms with Gasteiger partial charge in [0.05, 0.1) is 24.0 Å². The highest BCUT2D eigenvalue weighted by molar-refractivity contribution is 5.86. The van der Waals surface area contributed by atoms with Crippen molar-refractivity contribution in [1.29, 1.82) is 0 Å². The molecule has 4 aromatic rings. The van der Waals surface area contributed by atoms with Crippen LogP contribution in [0.2, 0.25) is 0 Å². The second-order valence-electron chi connectivity index (χ2n) is 11.8. The van der Waals surface area contributed by atoms with E-state index in [2.05, 4.69) is 70.2 Å². The molecule has 0 amide bonds. The van der Waals surface area contributed by atoms with E-state index in [0.717, 1.165) is 70.4 Å². The molecule has 3 aromatic heterocycles. The van der Waals surface area contributed by atoms with Crippen molar-refractivity contribution in [2.24, 2.45) is 7.05 Å². The number of anilines is 2. The van der Waals surface area contributed by atoms with E-state index in [0.29, 0.717) is 18.0 Å². The van der Waals surface area contributed by atoms with Crippen LogP contribution >= 0.6 is 0 Å². The van der Waals surface area contributed by atoms with Crippen LogP contribution in [0.3, 0.4) is 0 Å². The summed E-state index contributed by atoms with van der Waals surface area (Å²) in [6.07, 6.45) is 10.2. The summed E-state index contributed by atoms with van der Waals surface area (Å²) < 4.78 is 10.1. The lowest BCUT2D eigenvalue weighted by Crippen LogP contribution is -2.49. The molecule has 7 rings (SSSR count). The molecule has 0 radical (unpaired) electrons. The Bertz CT molecular complexity index is 1480. The fraction of sp³-hybridized carbons (Fsp3) is 0.469. The third kappa shape index (κ3) is 5.54. The number of hydrogen-bond acceptors (Lipinski definition) is 7. The Hall–Kier alpha value is -3.53. The lowest BCUT2D eigenvalue weighted by molar-refractivity contribution is 0.0496. The van der Waals surface area contributed by atoms with Crippen LogP contribution in [0.4, 0.5) is 11.8 Å². The predicted molar refractivity (Wildman–Crippen MR) is 161 cm³/mol. The Morgan fingerprint density at radius 2 is 1.85 bits per heavy atom. The molecule has 0 spiro atoms. The molecule has 2 fully saturated rings. The summed E-state index contributed by atoms with van der Waals surface area (Å²) in [7, 11) is 2.13. The van der Waals surface area contributed by atoms with E-state index >= 15 is 0 Å². The molecular formula is C32H40N8O. The summed E-state index contributed by atoms with van der Waals surface area (Å²) in [6.45, 7) is 10.6. The molecule has 41 heavy (non-hydrogen) atoms. The number of ether oxygens (including phenoxy) is 1. The maximum Gasteiger partial charge on any atom is 0.228 e. The van der Waals surface area contributed by atoms with Crippen LogP contribution in [0.5, 0.6) is 0 Å². The number of nitrogens with zero attached hydrogens (tertiary/aromatic N) is 7. The maximum absolute atomic E-state index is 5.82. The van der Waals surface area contributed by atoms with Crippen LogP contribution < -0.4 is 5.32 Å². The van der Waals surface area contributed by atoms with Crippen molar-refractivity contribution in [1.82, 2.24) is 34.1 Å². The van der Waals surface area contributed by atoms with E-state index in [-0.39, 0.29) is 0 Å². The summed E-state index contributed by atoms with van der Waals surface area (Å²) in [5.41, 5.74) is 7.19. The van der Waals surface area contributed by atoms with Crippen molar-refractivity contribution < 1.29 is 4.74 Å². The van der Waals surface area contributed by atoms with E-state index in [1.54, 1.807) is 0 Å². The van der Waals surface area contributed by atoms with Crippen LogP contribution in [-0.4, -0.2) is 86.1 Å². The van der Waals surface area contributed by atoms with Crippen molar-refractivity contribution >= 4 is 11.8 Å². The van der Waals surface area contributed by atoms with Crippen molar-refractivity contribution in [2.75, 3.05) is 51.2 Å². The number of nitrogens with one attached hydrogen (secondary N) is 1. The van der Waals surface area contributed by atoms with Gasteiger partial charge in [-0.1, -0.05) is 37.3 Å². The summed E-state index contributed by atoms with van der Waals surface area (Å²) in [4.78, 5) is 14.9. The van der Waals surface area contributed by atoms with E-state index < -0.39 is 0 Å². The largest absolute Gasteiger partial charge is 0.377 e. The fourth-order valence-electron chi connectivity index (χ4n) is 6.69. The molecule has 3 aliphatic rings. The van der Waals surface area contributed by atoms with E-state index in [9.17, 15) is 0 Å². The van der Waals surface area contributed by atoms with Gasteiger partial charge in [-0.3, -0.25) is 14.5 Å². The third-order valence-electron chi connectivity index (χ3n) is 8.89. The van der Waals surface area contributed by atoms with Crippen molar-refractivity contribution in [3.05, 3.63) is 66.1 Å². The minimum atomic E-state index is 0.370. The maximum atomic E-state index is 5.82. The third-order valence-corrected chi connectivity index (χ3v) is 8.89. The minimum Gasteiger partial charge on any atom is -0.377 e. The number of fused-ring (bicyclic) bond motifs is 3. The molecule has 214 valence electrons. The second-order valence-corrected chi connectivity index (χ2v) is 11.8. The van der Waals surface area contributed by atoms with Crippen LogP contribution in [0.25, 0.3) is 22.5 Å². The molecule has 2 aliphatic heterocycles. The van der Waals surface area contributed by atoms with Gasteiger partial charge in [0.2, 0.25) is 5.95 Å². The molecule has 5 heterocycles. The average Bonchev–Trinajstić information content (AvgIpc) is 3.74. The fourth-order valence-corrected chi connectivity index (χ4v) is 6.69. The highest BCUT2D eigenvalue weighted by Gasteiger charge is 2.29. The first-order chi connectivity index (χ1) is 20.1. The Morgan fingerprint density at radius 1 is 1.02 bits per heavy atom. The quantitative estimate of drug-likeness (QED) is 0.344. The Kier molecular flexibility index (Phi) is 7.33. The Labute approximate surface area is 242 Å². The summed E-state index contributed by atoms with van der Waals surface area (Å²) >= 11 is 0. The zero-order valence-corrected chi connectivity index (χ0v) is 24.2. The Morgan fingerprint density at radius 3 is 2.66 bits per heavy atom. The van der Waals surface area contributed by atoms with Crippen LogP contribution in [0, 0.1) is 0 Å². The summed E-state index contributed by atoms with van der Waals surface area (Å²) in [5.74, 6) is 1.72. The zero-order valence-electron chi connectivity index (χ0n) is 24.2. The number of aryl methyl sites for hydroxylation is 1. The Balaban J connectivity index is 1.01. The van der Waals surface area contributed by atoms with E-state index in [1.165, 1.54) is 40.8 Å². The average molecular weight is 553 g/mol. The summed E-state index contributed by atoms with van der Waals surface area (Å²) in [5, 5.41) is 8.15. The lowest BCUT2D eigenvalue weighted by atomic mass is 9.83. The van der Waals surface area contributed by atoms with Crippen LogP contribution in [0.15, 0.2) is 55.0 Å². The van der Waals surface area contributed by atoms with Crippen molar-refractivity contribution in [3.63, 3.8) is 0 Å². The first-order valence-corrected chi connectivity index (χ1v) is 15.1. The van der Waals surface area contributed by atoms with E-state index in [1.807, 2.05) is 23.1 Å². The van der Waals surface area contributed by atoms with E-state index in [4.69, 9.17) is 19.8 Å². The first-order valence-electron chi connectivity index (χ1n) is 15.1. The number of aromatic nitrogens is 5. The summed E-state index contributed by atoms with van der Waals surface area (Å²) in [6, 6.07) is 12.6. The van der Waals surface area contributed by atoms with Gasteiger partial charge in [-0.05, 0) is 36.3 Å². The molecule has 9 nitrogen and oxygen atoms in total. The second kappa shape index (κ2) is 11.4. The highest BCUT2D eigenvalue weighted by atomic mass is 16.5. The minimum absolute atomic E-state index is 0.370. The van der Waals surface area contributed by atoms with Gasteiger partial charge in [0.25, 0.3) is 0 Å². The van der Waals surface area contributed by atoms with Crippen LogP contribution in [0.1, 0.15) is 36.8 Å². The first kappa shape index (κ1) is 26.4.